The van der Waals surface area contributed by atoms with E-state index in [4.69, 9.17) is 15.6 Å². The van der Waals surface area contributed by atoms with Crippen LogP contribution < -0.4 is 10.5 Å². The van der Waals surface area contributed by atoms with E-state index in [1.165, 1.54) is 25.3 Å². The molecule has 0 aliphatic rings. The van der Waals surface area contributed by atoms with Gasteiger partial charge in [-0.05, 0) is 6.07 Å². The second kappa shape index (κ2) is 4.61. The van der Waals surface area contributed by atoms with E-state index in [9.17, 15) is 13.2 Å². The molecule has 0 radical (unpaired) electrons. The Bertz CT molecular complexity index is 366. The van der Waals surface area contributed by atoms with Gasteiger partial charge in [0.25, 0.3) is 0 Å². The first kappa shape index (κ1) is 12.6. The van der Waals surface area contributed by atoms with Gasteiger partial charge in [0.2, 0.25) is 0 Å². The molecule has 1 rings (SSSR count). The third kappa shape index (κ3) is 3.30. The summed E-state index contributed by atoms with van der Waals surface area (Å²) in [6.45, 7) is 0. The molecule has 90 valence electrons. The zero-order chi connectivity index (χ0) is 12.3. The summed E-state index contributed by atoms with van der Waals surface area (Å²) in [7, 11) is 1.30. The zero-order valence-electron chi connectivity index (χ0n) is 8.58. The molecular formula is C10H12F3NO2. The molecule has 0 fully saturated rings. The predicted molar refractivity (Wildman–Crippen MR) is 52.3 cm³/mol. The van der Waals surface area contributed by atoms with Crippen LogP contribution >= 0.6 is 0 Å². The van der Waals surface area contributed by atoms with Crippen LogP contribution in [0.3, 0.4) is 0 Å². The van der Waals surface area contributed by atoms with Crippen molar-refractivity contribution < 1.29 is 23.0 Å². The number of ether oxygens (including phenoxy) is 1. The van der Waals surface area contributed by atoms with E-state index in [1.54, 1.807) is 0 Å². The average molecular weight is 235 g/mol. The molecule has 1 aromatic rings. The fourth-order valence-electron chi connectivity index (χ4n) is 1.37. The molecule has 3 N–H and O–H groups in total. The fourth-order valence-corrected chi connectivity index (χ4v) is 1.37. The summed E-state index contributed by atoms with van der Waals surface area (Å²) >= 11 is 0. The fraction of sp³-hybridized carbons (Fsp3) is 0.400. The predicted octanol–water partition coefficient (Wildman–Crippen LogP) is 2.35. The average Bonchev–Trinajstić information content (AvgIpc) is 2.14. The Morgan fingerprint density at radius 2 is 2.06 bits per heavy atom. The van der Waals surface area contributed by atoms with Crippen molar-refractivity contribution in [2.75, 3.05) is 7.11 Å². The quantitative estimate of drug-likeness (QED) is 0.845. The second-order valence-corrected chi connectivity index (χ2v) is 3.35. The number of phenolic OH excluding ortho intramolecular Hbond substituents is 1. The molecule has 3 nitrogen and oxygen atoms in total. The lowest BCUT2D eigenvalue weighted by Gasteiger charge is -2.17. The summed E-state index contributed by atoms with van der Waals surface area (Å²) < 4.78 is 41.3. The van der Waals surface area contributed by atoms with Crippen molar-refractivity contribution in [3.05, 3.63) is 23.8 Å². The summed E-state index contributed by atoms with van der Waals surface area (Å²) in [6, 6.07) is 2.63. The van der Waals surface area contributed by atoms with Crippen LogP contribution in [0.2, 0.25) is 0 Å². The van der Waals surface area contributed by atoms with Crippen molar-refractivity contribution in [1.82, 2.24) is 0 Å². The molecule has 1 aromatic carbocycles. The van der Waals surface area contributed by atoms with Crippen molar-refractivity contribution in [1.29, 1.82) is 0 Å². The Kier molecular flexibility index (Phi) is 3.64. The monoisotopic (exact) mass is 235 g/mol. The molecule has 0 bridgehead atoms. The molecule has 0 saturated carbocycles. The number of nitrogens with two attached hydrogens (primary N) is 1. The molecule has 0 aromatic heterocycles. The number of rotatable bonds is 3. The van der Waals surface area contributed by atoms with Crippen LogP contribution in [0, 0.1) is 0 Å². The first-order valence-electron chi connectivity index (χ1n) is 4.52. The zero-order valence-corrected chi connectivity index (χ0v) is 8.58. The van der Waals surface area contributed by atoms with Gasteiger partial charge in [0.1, 0.15) is 11.5 Å². The maximum absolute atomic E-state index is 12.1. The summed E-state index contributed by atoms with van der Waals surface area (Å²) in [5.74, 6) is 0.0663. The molecule has 6 heteroatoms. The van der Waals surface area contributed by atoms with E-state index in [-0.39, 0.29) is 17.1 Å². The molecule has 1 atom stereocenters. The van der Waals surface area contributed by atoms with E-state index < -0.39 is 18.6 Å². The Balaban J connectivity index is 2.94. The molecular weight excluding hydrogens is 223 g/mol. The Labute approximate surface area is 90.6 Å². The van der Waals surface area contributed by atoms with E-state index in [0.29, 0.717) is 0 Å². The highest BCUT2D eigenvalue weighted by atomic mass is 19.4. The summed E-state index contributed by atoms with van der Waals surface area (Å²) in [6.07, 6.45) is -5.46. The second-order valence-electron chi connectivity index (χ2n) is 3.35. The van der Waals surface area contributed by atoms with Crippen LogP contribution in [0.15, 0.2) is 18.2 Å². The number of phenols is 1. The van der Waals surface area contributed by atoms with Gasteiger partial charge < -0.3 is 15.6 Å². The minimum absolute atomic E-state index is 0.0835. The van der Waals surface area contributed by atoms with E-state index in [1.807, 2.05) is 0 Å². The maximum Gasteiger partial charge on any atom is 0.390 e. The lowest BCUT2D eigenvalue weighted by Crippen LogP contribution is -2.20. The molecule has 0 aliphatic carbocycles. The minimum atomic E-state index is -4.33. The van der Waals surface area contributed by atoms with Gasteiger partial charge in [-0.3, -0.25) is 0 Å². The van der Waals surface area contributed by atoms with Crippen molar-refractivity contribution in [3.63, 3.8) is 0 Å². The van der Waals surface area contributed by atoms with Crippen LogP contribution in [-0.4, -0.2) is 18.4 Å². The van der Waals surface area contributed by atoms with E-state index in [0.717, 1.165) is 0 Å². The number of hydrogen-bond donors (Lipinski definition) is 2. The van der Waals surface area contributed by atoms with Crippen molar-refractivity contribution >= 4 is 0 Å². The van der Waals surface area contributed by atoms with Gasteiger partial charge in [0.15, 0.2) is 0 Å². The van der Waals surface area contributed by atoms with Crippen molar-refractivity contribution in [2.24, 2.45) is 5.73 Å². The normalized spacial score (nSPS) is 13.6. The standard InChI is InChI=1S/C10H12F3NO2/c1-16-9-4-6(15)2-3-7(9)8(14)5-10(11,12)13/h2-4,8,15H,5,14H2,1H3/t8-/m1/s1. The van der Waals surface area contributed by atoms with Gasteiger partial charge >= 0.3 is 6.18 Å². The van der Waals surface area contributed by atoms with Crippen molar-refractivity contribution in [2.45, 2.75) is 18.6 Å². The lowest BCUT2D eigenvalue weighted by atomic mass is 10.0. The summed E-state index contributed by atoms with van der Waals surface area (Å²) in [5, 5.41) is 9.14. The highest BCUT2D eigenvalue weighted by molar-refractivity contribution is 5.41. The Morgan fingerprint density at radius 3 is 2.56 bits per heavy atom. The Morgan fingerprint density at radius 1 is 1.44 bits per heavy atom. The van der Waals surface area contributed by atoms with Crippen LogP contribution in [-0.2, 0) is 0 Å². The third-order valence-electron chi connectivity index (χ3n) is 2.07. The minimum Gasteiger partial charge on any atom is -0.508 e. The topological polar surface area (TPSA) is 55.5 Å². The number of benzene rings is 1. The maximum atomic E-state index is 12.1. The third-order valence-corrected chi connectivity index (χ3v) is 2.07. The lowest BCUT2D eigenvalue weighted by molar-refractivity contribution is -0.138. The first-order valence-corrected chi connectivity index (χ1v) is 4.52. The van der Waals surface area contributed by atoms with Gasteiger partial charge in [-0.15, -0.1) is 0 Å². The van der Waals surface area contributed by atoms with Gasteiger partial charge in [-0.25, -0.2) is 0 Å². The molecule has 16 heavy (non-hydrogen) atoms. The largest absolute Gasteiger partial charge is 0.508 e. The SMILES string of the molecule is COc1cc(O)ccc1[C@H](N)CC(F)(F)F. The van der Waals surface area contributed by atoms with E-state index in [2.05, 4.69) is 0 Å². The molecule has 0 unspecified atom stereocenters. The number of halogens is 3. The van der Waals surface area contributed by atoms with Gasteiger partial charge in [0, 0.05) is 17.7 Å². The van der Waals surface area contributed by atoms with Crippen LogP contribution in [0.5, 0.6) is 11.5 Å². The van der Waals surface area contributed by atoms with Crippen LogP contribution in [0.1, 0.15) is 18.0 Å². The van der Waals surface area contributed by atoms with Gasteiger partial charge in [-0.1, -0.05) is 6.07 Å². The molecule has 0 heterocycles. The molecule has 0 spiro atoms. The summed E-state index contributed by atoms with van der Waals surface area (Å²) in [4.78, 5) is 0. The van der Waals surface area contributed by atoms with Crippen LogP contribution in [0.4, 0.5) is 13.2 Å². The van der Waals surface area contributed by atoms with Gasteiger partial charge in [0.05, 0.1) is 13.5 Å². The smallest absolute Gasteiger partial charge is 0.390 e. The van der Waals surface area contributed by atoms with Crippen molar-refractivity contribution in [3.8, 4) is 11.5 Å². The number of aromatic hydroxyl groups is 1. The highest BCUT2D eigenvalue weighted by Crippen LogP contribution is 2.33. The molecule has 0 saturated heterocycles. The number of methoxy groups -OCH3 is 1. The Hall–Kier alpha value is -1.43. The van der Waals surface area contributed by atoms with Gasteiger partial charge in [-0.2, -0.15) is 13.2 Å². The number of alkyl halides is 3. The first-order chi connectivity index (χ1) is 7.33. The summed E-state index contributed by atoms with van der Waals surface area (Å²) in [5.41, 5.74) is 5.65. The number of hydrogen-bond acceptors (Lipinski definition) is 3. The molecule has 0 amide bonds. The highest BCUT2D eigenvalue weighted by Gasteiger charge is 2.31. The molecule has 0 aliphatic heterocycles. The van der Waals surface area contributed by atoms with E-state index >= 15 is 0 Å². The van der Waals surface area contributed by atoms with Crippen LogP contribution in [0.25, 0.3) is 0 Å².